The number of rotatable bonds is 8. The van der Waals surface area contributed by atoms with Crippen molar-refractivity contribution in [3.63, 3.8) is 0 Å². The summed E-state index contributed by atoms with van der Waals surface area (Å²) >= 11 is 1.55. The van der Waals surface area contributed by atoms with Crippen molar-refractivity contribution in [2.75, 3.05) is 50.9 Å². The number of carbonyl (C=O) groups is 1. The molecule has 4 rings (SSSR count). The standard InChI is InChI=1S/C23H27N3O3S.ClH/c1-18-7-2-4-9-20(18)29-17-22(27)26(12-6-11-25-13-15-28-16-14-25)23-24-19-8-3-5-10-21(19)30-23;/h2-5,7-10H,6,11-17H2,1H3;1H. The molecule has 1 aliphatic rings. The van der Waals surface area contributed by atoms with Gasteiger partial charge in [-0.3, -0.25) is 14.6 Å². The fourth-order valence-electron chi connectivity index (χ4n) is 3.52. The largest absolute Gasteiger partial charge is 0.483 e. The molecule has 166 valence electrons. The summed E-state index contributed by atoms with van der Waals surface area (Å²) in [4.78, 5) is 22.0. The van der Waals surface area contributed by atoms with Crippen LogP contribution in [0.4, 0.5) is 5.13 Å². The lowest BCUT2D eigenvalue weighted by molar-refractivity contribution is -0.120. The molecular weight excluding hydrogens is 434 g/mol. The van der Waals surface area contributed by atoms with Gasteiger partial charge in [0.2, 0.25) is 0 Å². The Hall–Kier alpha value is -2.19. The molecule has 2 heterocycles. The van der Waals surface area contributed by atoms with Crippen LogP contribution >= 0.6 is 23.7 Å². The molecule has 1 saturated heterocycles. The van der Waals surface area contributed by atoms with Crippen LogP contribution in [0.25, 0.3) is 10.2 Å². The van der Waals surface area contributed by atoms with E-state index in [1.54, 1.807) is 16.2 Å². The number of halogens is 1. The van der Waals surface area contributed by atoms with E-state index in [4.69, 9.17) is 14.5 Å². The summed E-state index contributed by atoms with van der Waals surface area (Å²) in [6.07, 6.45) is 0.881. The minimum atomic E-state index is -0.0701. The zero-order valence-electron chi connectivity index (χ0n) is 17.7. The molecule has 31 heavy (non-hydrogen) atoms. The minimum absolute atomic E-state index is 0. The van der Waals surface area contributed by atoms with Gasteiger partial charge in [-0.05, 0) is 37.1 Å². The monoisotopic (exact) mass is 461 g/mol. The van der Waals surface area contributed by atoms with Gasteiger partial charge in [0.05, 0.1) is 23.4 Å². The number of aryl methyl sites for hydroxylation is 1. The lowest BCUT2D eigenvalue weighted by atomic mass is 10.2. The van der Waals surface area contributed by atoms with E-state index in [0.717, 1.165) is 65.9 Å². The second kappa shape index (κ2) is 11.4. The van der Waals surface area contributed by atoms with Crippen LogP contribution in [-0.4, -0.2) is 61.8 Å². The Morgan fingerprint density at radius 3 is 2.68 bits per heavy atom. The third-order valence-corrected chi connectivity index (χ3v) is 6.28. The predicted octanol–water partition coefficient (Wildman–Crippen LogP) is 4.16. The van der Waals surface area contributed by atoms with Crippen molar-refractivity contribution in [2.24, 2.45) is 0 Å². The van der Waals surface area contributed by atoms with Gasteiger partial charge in [0.25, 0.3) is 5.91 Å². The smallest absolute Gasteiger partial charge is 0.266 e. The van der Waals surface area contributed by atoms with Gasteiger partial charge in [0.1, 0.15) is 5.75 Å². The Morgan fingerprint density at radius 1 is 1.16 bits per heavy atom. The lowest BCUT2D eigenvalue weighted by Crippen LogP contribution is -2.40. The number of ether oxygens (including phenoxy) is 2. The third kappa shape index (κ3) is 6.17. The van der Waals surface area contributed by atoms with Gasteiger partial charge in [-0.2, -0.15) is 0 Å². The number of nitrogens with zero attached hydrogens (tertiary/aromatic N) is 3. The van der Waals surface area contributed by atoms with Crippen LogP contribution in [0.3, 0.4) is 0 Å². The number of morpholine rings is 1. The molecule has 1 amide bonds. The maximum Gasteiger partial charge on any atom is 0.266 e. The third-order valence-electron chi connectivity index (χ3n) is 5.22. The maximum absolute atomic E-state index is 13.1. The van der Waals surface area contributed by atoms with Gasteiger partial charge in [-0.25, -0.2) is 4.98 Å². The fourth-order valence-corrected chi connectivity index (χ4v) is 4.52. The second-order valence-electron chi connectivity index (χ2n) is 7.37. The molecule has 1 aliphatic heterocycles. The van der Waals surface area contributed by atoms with E-state index in [-0.39, 0.29) is 24.9 Å². The summed E-state index contributed by atoms with van der Waals surface area (Å²) in [6, 6.07) is 15.7. The Bertz CT molecular complexity index is 958. The molecule has 0 unspecified atom stereocenters. The fraction of sp³-hybridized carbons (Fsp3) is 0.391. The molecule has 0 bridgehead atoms. The number of thiazole rings is 1. The van der Waals surface area contributed by atoms with E-state index in [2.05, 4.69) is 4.90 Å². The van der Waals surface area contributed by atoms with E-state index in [9.17, 15) is 4.79 Å². The number of hydrogen-bond donors (Lipinski definition) is 0. The molecule has 8 heteroatoms. The van der Waals surface area contributed by atoms with E-state index in [1.807, 2.05) is 55.5 Å². The molecule has 0 radical (unpaired) electrons. The van der Waals surface area contributed by atoms with Crippen LogP contribution in [-0.2, 0) is 9.53 Å². The molecule has 6 nitrogen and oxygen atoms in total. The van der Waals surface area contributed by atoms with Crippen LogP contribution in [0.5, 0.6) is 5.75 Å². The number of amides is 1. The second-order valence-corrected chi connectivity index (χ2v) is 8.38. The highest BCUT2D eigenvalue weighted by Crippen LogP contribution is 2.29. The van der Waals surface area contributed by atoms with Gasteiger partial charge in [0, 0.05) is 26.2 Å². The summed E-state index contributed by atoms with van der Waals surface area (Å²) in [5, 5.41) is 0.733. The summed E-state index contributed by atoms with van der Waals surface area (Å²) in [5.41, 5.74) is 1.94. The van der Waals surface area contributed by atoms with E-state index in [0.29, 0.717) is 6.54 Å². The summed E-state index contributed by atoms with van der Waals surface area (Å²) in [7, 11) is 0. The molecule has 0 N–H and O–H groups in total. The normalized spacial score (nSPS) is 14.2. The topological polar surface area (TPSA) is 54.9 Å². The lowest BCUT2D eigenvalue weighted by Gasteiger charge is -2.27. The van der Waals surface area contributed by atoms with Crippen molar-refractivity contribution in [1.82, 2.24) is 9.88 Å². The van der Waals surface area contributed by atoms with Gasteiger partial charge in [-0.15, -0.1) is 12.4 Å². The number of para-hydroxylation sites is 2. The van der Waals surface area contributed by atoms with Crippen LogP contribution in [0, 0.1) is 6.92 Å². The molecule has 0 aliphatic carbocycles. The highest BCUT2D eigenvalue weighted by molar-refractivity contribution is 7.22. The van der Waals surface area contributed by atoms with Gasteiger partial charge in [0.15, 0.2) is 11.7 Å². The number of fused-ring (bicyclic) bond motifs is 1. The Balaban J connectivity index is 0.00000272. The molecule has 0 saturated carbocycles. The Labute approximate surface area is 193 Å². The summed E-state index contributed by atoms with van der Waals surface area (Å²) in [6.45, 7) is 7.00. The van der Waals surface area contributed by atoms with Crippen molar-refractivity contribution < 1.29 is 14.3 Å². The number of benzene rings is 2. The Morgan fingerprint density at radius 2 is 1.90 bits per heavy atom. The zero-order chi connectivity index (χ0) is 20.8. The van der Waals surface area contributed by atoms with Crippen molar-refractivity contribution in [3.8, 4) is 5.75 Å². The molecular formula is C23H28ClN3O3S. The number of hydrogen-bond acceptors (Lipinski definition) is 6. The highest BCUT2D eigenvalue weighted by atomic mass is 35.5. The van der Waals surface area contributed by atoms with E-state index < -0.39 is 0 Å². The predicted molar refractivity (Wildman–Crippen MR) is 128 cm³/mol. The van der Waals surface area contributed by atoms with E-state index in [1.165, 1.54) is 0 Å². The molecule has 2 aromatic carbocycles. The number of carbonyl (C=O) groups excluding carboxylic acids is 1. The Kier molecular flexibility index (Phi) is 8.66. The maximum atomic E-state index is 13.1. The summed E-state index contributed by atoms with van der Waals surface area (Å²) in [5.74, 6) is 0.669. The first-order valence-corrected chi connectivity index (χ1v) is 11.2. The van der Waals surface area contributed by atoms with Gasteiger partial charge < -0.3 is 9.47 Å². The van der Waals surface area contributed by atoms with E-state index >= 15 is 0 Å². The summed E-state index contributed by atoms with van der Waals surface area (Å²) < 4.78 is 12.3. The average molecular weight is 462 g/mol. The van der Waals surface area contributed by atoms with Crippen LogP contribution in [0.2, 0.25) is 0 Å². The number of anilines is 1. The minimum Gasteiger partial charge on any atom is -0.483 e. The van der Waals surface area contributed by atoms with Crippen LogP contribution in [0.15, 0.2) is 48.5 Å². The van der Waals surface area contributed by atoms with Crippen LogP contribution < -0.4 is 9.64 Å². The van der Waals surface area contributed by atoms with Crippen molar-refractivity contribution >= 4 is 45.0 Å². The molecule has 1 fully saturated rings. The SMILES string of the molecule is Cc1ccccc1OCC(=O)N(CCCN1CCOCC1)c1nc2ccccc2s1.Cl. The molecule has 0 spiro atoms. The van der Waals surface area contributed by atoms with Crippen molar-refractivity contribution in [3.05, 3.63) is 54.1 Å². The van der Waals surface area contributed by atoms with Crippen molar-refractivity contribution in [2.45, 2.75) is 13.3 Å². The van der Waals surface area contributed by atoms with Crippen LogP contribution in [0.1, 0.15) is 12.0 Å². The average Bonchev–Trinajstić information content (AvgIpc) is 3.20. The first-order valence-electron chi connectivity index (χ1n) is 10.4. The highest BCUT2D eigenvalue weighted by Gasteiger charge is 2.21. The molecule has 0 atom stereocenters. The quantitative estimate of drug-likeness (QED) is 0.504. The van der Waals surface area contributed by atoms with Gasteiger partial charge >= 0.3 is 0 Å². The molecule has 3 aromatic rings. The molecule has 1 aromatic heterocycles. The first kappa shape index (κ1) is 23.5. The zero-order valence-corrected chi connectivity index (χ0v) is 19.3. The van der Waals surface area contributed by atoms with Gasteiger partial charge in [-0.1, -0.05) is 41.7 Å². The first-order chi connectivity index (χ1) is 14.7. The van der Waals surface area contributed by atoms with Crippen molar-refractivity contribution in [1.29, 1.82) is 0 Å². The number of aromatic nitrogens is 1.